The summed E-state index contributed by atoms with van der Waals surface area (Å²) in [5.74, 6) is 1.31. The van der Waals surface area contributed by atoms with E-state index < -0.39 is 0 Å². The highest BCUT2D eigenvalue weighted by molar-refractivity contribution is 7.17. The van der Waals surface area contributed by atoms with Gasteiger partial charge in [-0.15, -0.1) is 0 Å². The van der Waals surface area contributed by atoms with E-state index in [1.54, 1.807) is 6.20 Å². The number of rotatable bonds is 7. The van der Waals surface area contributed by atoms with E-state index in [4.69, 9.17) is 32.1 Å². The summed E-state index contributed by atoms with van der Waals surface area (Å²) in [7, 11) is 0. The summed E-state index contributed by atoms with van der Waals surface area (Å²) in [4.78, 5) is 25.9. The van der Waals surface area contributed by atoms with Gasteiger partial charge in [0.25, 0.3) is 5.91 Å². The van der Waals surface area contributed by atoms with E-state index >= 15 is 0 Å². The average Bonchev–Trinajstić information content (AvgIpc) is 3.36. The van der Waals surface area contributed by atoms with Crippen LogP contribution in [0.25, 0.3) is 11.0 Å². The second kappa shape index (κ2) is 9.96. The lowest BCUT2D eigenvalue weighted by molar-refractivity contribution is -0.130. The molecule has 3 aromatic rings. The summed E-state index contributed by atoms with van der Waals surface area (Å²) in [6.07, 6.45) is 8.47. The number of hydrogen-bond acceptors (Lipinski definition) is 7. The first-order valence-corrected chi connectivity index (χ1v) is 12.1. The molecule has 0 spiro atoms. The van der Waals surface area contributed by atoms with Crippen LogP contribution >= 0.6 is 22.9 Å². The lowest BCUT2D eigenvalue weighted by Crippen LogP contribution is -2.42. The molecule has 3 aromatic heterocycles. The maximum Gasteiger partial charge on any atom is 0.392 e. The van der Waals surface area contributed by atoms with Crippen molar-refractivity contribution < 1.29 is 14.9 Å². The molecule has 2 atom stereocenters. The van der Waals surface area contributed by atoms with Crippen molar-refractivity contribution in [2.75, 3.05) is 0 Å². The molecule has 0 aliphatic heterocycles. The van der Waals surface area contributed by atoms with Crippen LogP contribution in [0.3, 0.4) is 0 Å². The second-order valence-corrected chi connectivity index (χ2v) is 10.3. The van der Waals surface area contributed by atoms with E-state index in [0.717, 1.165) is 55.4 Å². The molecule has 3 heterocycles. The highest BCUT2D eigenvalue weighted by Gasteiger charge is 2.29. The summed E-state index contributed by atoms with van der Waals surface area (Å²) in [6, 6.07) is 2.07. The van der Waals surface area contributed by atoms with E-state index in [1.807, 2.05) is 6.07 Å². The molecular weight excluding hydrogens is 462 g/mol. The predicted molar refractivity (Wildman–Crippen MR) is 128 cm³/mol. The SMILES string of the molecule is CC(C)Cc1nc2cnc(C(=[NH2+])OC=N)cc2n1[C@@H]1CCC[C@H](NC(=O)c2ncc(Cl)s2)C1. The van der Waals surface area contributed by atoms with E-state index in [9.17, 15) is 4.79 Å². The van der Waals surface area contributed by atoms with Gasteiger partial charge in [0.15, 0.2) is 17.1 Å². The number of ether oxygens (including phenoxy) is 1. The zero-order valence-corrected chi connectivity index (χ0v) is 20.1. The average molecular weight is 489 g/mol. The maximum absolute atomic E-state index is 12.6. The molecule has 0 saturated heterocycles. The smallest absolute Gasteiger partial charge is 0.392 e. The fourth-order valence-corrected chi connectivity index (χ4v) is 5.18. The van der Waals surface area contributed by atoms with Gasteiger partial charge in [-0.3, -0.25) is 10.2 Å². The molecule has 1 amide bonds. The lowest BCUT2D eigenvalue weighted by atomic mass is 9.90. The zero-order valence-electron chi connectivity index (χ0n) is 18.5. The Labute approximate surface area is 200 Å². The van der Waals surface area contributed by atoms with Gasteiger partial charge < -0.3 is 14.6 Å². The summed E-state index contributed by atoms with van der Waals surface area (Å²) >= 11 is 7.12. The third-order valence-corrected chi connectivity index (χ3v) is 6.81. The standard InChI is InChI=1S/C22H26ClN7O2S/c1-12(2)6-19-29-16-9-26-15(20(25)32-11-24)8-17(16)30(19)14-5-3-4-13(7-14)28-21(31)22-27-10-18(23)33-22/h8-14,24-25H,3-7H2,1-2H3,(H,28,31)/p+1/t13-,14+/m0/s1. The van der Waals surface area contributed by atoms with Crippen LogP contribution in [0.4, 0.5) is 0 Å². The summed E-state index contributed by atoms with van der Waals surface area (Å²) < 4.78 is 7.79. The number of hydrogen-bond donors (Lipinski definition) is 3. The molecule has 0 bridgehead atoms. The largest absolute Gasteiger partial charge is 0.392 e. The molecule has 1 aliphatic rings. The quantitative estimate of drug-likeness (QED) is 0.347. The third kappa shape index (κ3) is 5.22. The highest BCUT2D eigenvalue weighted by atomic mass is 35.5. The molecule has 0 aromatic carbocycles. The Hall–Kier alpha value is -2.85. The Kier molecular flexibility index (Phi) is 7.04. The van der Waals surface area contributed by atoms with Crippen LogP contribution < -0.4 is 10.7 Å². The lowest BCUT2D eigenvalue weighted by Gasteiger charge is -2.32. The molecule has 0 unspecified atom stereocenters. The van der Waals surface area contributed by atoms with Crippen molar-refractivity contribution in [2.24, 2.45) is 5.92 Å². The Morgan fingerprint density at radius 2 is 2.24 bits per heavy atom. The number of imidazole rings is 1. The van der Waals surface area contributed by atoms with Crippen molar-refractivity contribution in [3.63, 3.8) is 0 Å². The molecule has 1 fully saturated rings. The zero-order chi connectivity index (χ0) is 23.5. The van der Waals surface area contributed by atoms with E-state index in [0.29, 0.717) is 21.0 Å². The number of fused-ring (bicyclic) bond motifs is 1. The van der Waals surface area contributed by atoms with Crippen LogP contribution in [-0.2, 0) is 11.2 Å². The van der Waals surface area contributed by atoms with Crippen molar-refractivity contribution in [2.45, 2.75) is 58.0 Å². The molecule has 11 heteroatoms. The number of halogens is 1. The first-order valence-electron chi connectivity index (χ1n) is 10.9. The normalized spacial score (nSPS) is 18.4. The topological polar surface area (TPSA) is 131 Å². The third-order valence-electron chi connectivity index (χ3n) is 5.70. The van der Waals surface area contributed by atoms with Crippen LogP contribution in [0.5, 0.6) is 0 Å². The van der Waals surface area contributed by atoms with Gasteiger partial charge in [-0.1, -0.05) is 36.8 Å². The molecule has 33 heavy (non-hydrogen) atoms. The summed E-state index contributed by atoms with van der Waals surface area (Å²) in [5, 5.41) is 16.6. The first-order chi connectivity index (χ1) is 15.9. The minimum atomic E-state index is -0.187. The van der Waals surface area contributed by atoms with Crippen LogP contribution in [0, 0.1) is 11.3 Å². The maximum atomic E-state index is 12.6. The highest BCUT2D eigenvalue weighted by Crippen LogP contribution is 2.34. The molecule has 4 N–H and O–H groups in total. The Morgan fingerprint density at radius 3 is 2.94 bits per heavy atom. The van der Waals surface area contributed by atoms with Crippen molar-refractivity contribution >= 4 is 52.2 Å². The second-order valence-electron chi connectivity index (χ2n) is 8.61. The number of nitrogens with one attached hydrogen (secondary N) is 2. The number of aromatic nitrogens is 4. The van der Waals surface area contributed by atoms with Crippen molar-refractivity contribution in [3.05, 3.63) is 39.3 Å². The summed E-state index contributed by atoms with van der Waals surface area (Å²) in [5.41, 5.74) is 2.18. The van der Waals surface area contributed by atoms with Gasteiger partial charge in [-0.25, -0.2) is 20.4 Å². The van der Waals surface area contributed by atoms with Crippen LogP contribution in [0.15, 0.2) is 18.5 Å². The molecule has 4 rings (SSSR count). The fourth-order valence-electron chi connectivity index (χ4n) is 4.36. The number of carbonyl (C=O) groups excluding carboxylic acids is 1. The van der Waals surface area contributed by atoms with Crippen LogP contribution in [0.2, 0.25) is 4.34 Å². The van der Waals surface area contributed by atoms with Crippen molar-refractivity contribution in [1.82, 2.24) is 24.8 Å². The molecule has 0 radical (unpaired) electrons. The molecular formula is C22H27ClN7O2S+. The Bertz CT molecular complexity index is 1190. The molecule has 9 nitrogen and oxygen atoms in total. The van der Waals surface area contributed by atoms with Gasteiger partial charge in [-0.2, -0.15) is 0 Å². The molecule has 1 saturated carbocycles. The minimum absolute atomic E-state index is 0.0301. The van der Waals surface area contributed by atoms with Gasteiger partial charge in [0, 0.05) is 24.6 Å². The van der Waals surface area contributed by atoms with Gasteiger partial charge in [-0.05, 0) is 31.6 Å². The van der Waals surface area contributed by atoms with Crippen LogP contribution in [0.1, 0.15) is 66.9 Å². The number of nitrogens with two attached hydrogens (primary N) is 1. The predicted octanol–water partition coefficient (Wildman–Crippen LogP) is 2.78. The Morgan fingerprint density at radius 1 is 1.42 bits per heavy atom. The van der Waals surface area contributed by atoms with Crippen LogP contribution in [-0.4, -0.2) is 43.8 Å². The van der Waals surface area contributed by atoms with Crippen molar-refractivity contribution in [1.29, 1.82) is 5.41 Å². The van der Waals surface area contributed by atoms with E-state index in [2.05, 4.69) is 33.7 Å². The number of amides is 1. The van der Waals surface area contributed by atoms with Gasteiger partial charge in [0.05, 0.1) is 17.9 Å². The first kappa shape index (κ1) is 23.3. The van der Waals surface area contributed by atoms with Gasteiger partial charge in [0.2, 0.25) is 0 Å². The molecule has 174 valence electrons. The number of thiazole rings is 1. The minimum Gasteiger partial charge on any atom is -0.392 e. The Balaban J connectivity index is 1.64. The van der Waals surface area contributed by atoms with Crippen molar-refractivity contribution in [3.8, 4) is 0 Å². The number of nitrogens with zero attached hydrogens (tertiary/aromatic N) is 4. The van der Waals surface area contributed by atoms with E-state index in [1.165, 1.54) is 17.5 Å². The molecule has 1 aliphatic carbocycles. The summed E-state index contributed by atoms with van der Waals surface area (Å²) in [6.45, 7) is 4.33. The fraction of sp³-hybridized carbons (Fsp3) is 0.455. The van der Waals surface area contributed by atoms with Gasteiger partial charge in [0.1, 0.15) is 15.7 Å². The van der Waals surface area contributed by atoms with E-state index in [-0.39, 0.29) is 23.9 Å². The van der Waals surface area contributed by atoms with Gasteiger partial charge >= 0.3 is 5.90 Å². The monoisotopic (exact) mass is 488 g/mol. The number of pyridine rings is 1. The number of carbonyl (C=O) groups is 1.